The van der Waals surface area contributed by atoms with Crippen LogP contribution in [0.1, 0.15) is 39.5 Å². The van der Waals surface area contributed by atoms with Crippen LogP contribution in [0.25, 0.3) is 0 Å². The lowest BCUT2D eigenvalue weighted by atomic mass is 9.74. The van der Waals surface area contributed by atoms with E-state index >= 15 is 0 Å². The summed E-state index contributed by atoms with van der Waals surface area (Å²) in [7, 11) is 0. The van der Waals surface area contributed by atoms with Gasteiger partial charge in [-0.25, -0.2) is 0 Å². The van der Waals surface area contributed by atoms with E-state index < -0.39 is 0 Å². The molecule has 2 heteroatoms. The van der Waals surface area contributed by atoms with E-state index in [0.717, 1.165) is 31.5 Å². The summed E-state index contributed by atoms with van der Waals surface area (Å²) in [6, 6.07) is 0. The third kappa shape index (κ3) is 3.97. The Bertz CT molecular complexity index is 122. The van der Waals surface area contributed by atoms with Crippen LogP contribution in [0.15, 0.2) is 0 Å². The van der Waals surface area contributed by atoms with Gasteiger partial charge >= 0.3 is 0 Å². The van der Waals surface area contributed by atoms with Crippen LogP contribution < -0.4 is 5.32 Å². The molecule has 0 amide bonds. The van der Waals surface area contributed by atoms with Gasteiger partial charge in [-0.3, -0.25) is 0 Å². The molecular weight excluding hydrogens is 174 g/mol. The molecule has 1 rings (SSSR count). The van der Waals surface area contributed by atoms with Crippen molar-refractivity contribution in [3.05, 3.63) is 0 Å². The van der Waals surface area contributed by atoms with E-state index in [-0.39, 0.29) is 0 Å². The molecule has 84 valence electrons. The molecular formula is C12H25NO. The van der Waals surface area contributed by atoms with Crippen LogP contribution in [0, 0.1) is 11.8 Å². The molecule has 0 radical (unpaired) electrons. The van der Waals surface area contributed by atoms with Gasteiger partial charge < -0.3 is 10.1 Å². The van der Waals surface area contributed by atoms with Gasteiger partial charge in [0.25, 0.3) is 0 Å². The van der Waals surface area contributed by atoms with Gasteiger partial charge in [-0.2, -0.15) is 0 Å². The Morgan fingerprint density at radius 1 is 1.14 bits per heavy atom. The van der Waals surface area contributed by atoms with E-state index in [4.69, 9.17) is 4.74 Å². The summed E-state index contributed by atoms with van der Waals surface area (Å²) in [6.07, 6.45) is 5.16. The Hall–Kier alpha value is -0.0800. The highest BCUT2D eigenvalue weighted by molar-refractivity contribution is 4.81. The summed E-state index contributed by atoms with van der Waals surface area (Å²) in [5, 5.41) is 3.50. The van der Waals surface area contributed by atoms with Gasteiger partial charge in [-0.05, 0) is 50.6 Å². The summed E-state index contributed by atoms with van der Waals surface area (Å²) in [5.74, 6) is 1.73. The Morgan fingerprint density at radius 3 is 2.50 bits per heavy atom. The number of hydrogen-bond acceptors (Lipinski definition) is 2. The van der Waals surface area contributed by atoms with Gasteiger partial charge in [0.05, 0.1) is 0 Å². The van der Waals surface area contributed by atoms with Crippen LogP contribution in [0.2, 0.25) is 0 Å². The molecule has 0 aromatic rings. The number of hydrogen-bond donors (Lipinski definition) is 1. The minimum absolute atomic E-state index is 0.839. The lowest BCUT2D eigenvalue weighted by Gasteiger charge is -2.36. The predicted octanol–water partition coefficient (Wildman–Crippen LogP) is 2.44. The van der Waals surface area contributed by atoms with Crippen LogP contribution in [-0.4, -0.2) is 26.3 Å². The van der Waals surface area contributed by atoms with Gasteiger partial charge in [-0.15, -0.1) is 0 Å². The van der Waals surface area contributed by atoms with E-state index in [1.165, 1.54) is 32.4 Å². The molecule has 0 heterocycles. The standard InChI is InChI=1S/C12H25NO/c1-3-7-13-9-11-5-6-12(11)10-14-8-4-2/h11-13H,3-10H2,1-2H3. The molecule has 1 saturated carbocycles. The van der Waals surface area contributed by atoms with Crippen molar-refractivity contribution < 1.29 is 4.74 Å². The summed E-state index contributed by atoms with van der Waals surface area (Å²) >= 11 is 0. The molecule has 1 fully saturated rings. The van der Waals surface area contributed by atoms with Gasteiger partial charge in [0.15, 0.2) is 0 Å². The molecule has 1 N–H and O–H groups in total. The zero-order valence-electron chi connectivity index (χ0n) is 9.72. The average molecular weight is 199 g/mol. The summed E-state index contributed by atoms with van der Waals surface area (Å²) < 4.78 is 5.60. The molecule has 2 nitrogen and oxygen atoms in total. The van der Waals surface area contributed by atoms with Crippen LogP contribution in [0.5, 0.6) is 0 Å². The maximum atomic E-state index is 5.60. The van der Waals surface area contributed by atoms with E-state index in [0.29, 0.717) is 0 Å². The average Bonchev–Trinajstić information content (AvgIpc) is 2.17. The lowest BCUT2D eigenvalue weighted by Crippen LogP contribution is -2.38. The first kappa shape index (κ1) is 12.0. The van der Waals surface area contributed by atoms with Crippen LogP contribution in [0.4, 0.5) is 0 Å². The maximum Gasteiger partial charge on any atom is 0.0497 e. The Morgan fingerprint density at radius 2 is 1.93 bits per heavy atom. The van der Waals surface area contributed by atoms with Crippen molar-refractivity contribution in [3.63, 3.8) is 0 Å². The molecule has 1 aliphatic carbocycles. The zero-order chi connectivity index (χ0) is 10.2. The van der Waals surface area contributed by atoms with Gasteiger partial charge in [0.2, 0.25) is 0 Å². The van der Waals surface area contributed by atoms with Crippen molar-refractivity contribution in [2.24, 2.45) is 11.8 Å². The minimum atomic E-state index is 0.839. The topological polar surface area (TPSA) is 21.3 Å². The van der Waals surface area contributed by atoms with E-state index in [2.05, 4.69) is 19.2 Å². The predicted molar refractivity (Wildman–Crippen MR) is 60.5 cm³/mol. The first-order valence-electron chi connectivity index (χ1n) is 6.16. The normalized spacial score (nSPS) is 26.1. The number of nitrogens with one attached hydrogen (secondary N) is 1. The fraction of sp³-hybridized carbons (Fsp3) is 1.00. The molecule has 1 aliphatic rings. The van der Waals surface area contributed by atoms with Crippen molar-refractivity contribution >= 4 is 0 Å². The van der Waals surface area contributed by atoms with Gasteiger partial charge in [0.1, 0.15) is 0 Å². The molecule has 0 saturated heterocycles. The molecule has 0 aromatic heterocycles. The van der Waals surface area contributed by atoms with Crippen molar-refractivity contribution in [2.45, 2.75) is 39.5 Å². The molecule has 0 aliphatic heterocycles. The van der Waals surface area contributed by atoms with E-state index in [1.807, 2.05) is 0 Å². The van der Waals surface area contributed by atoms with E-state index in [1.54, 1.807) is 0 Å². The number of rotatable bonds is 8. The first-order valence-corrected chi connectivity index (χ1v) is 6.16. The Balaban J connectivity index is 1.97. The van der Waals surface area contributed by atoms with E-state index in [9.17, 15) is 0 Å². The lowest BCUT2D eigenvalue weighted by molar-refractivity contribution is 0.0323. The third-order valence-corrected chi connectivity index (χ3v) is 3.09. The fourth-order valence-electron chi connectivity index (χ4n) is 1.97. The second-order valence-electron chi connectivity index (χ2n) is 4.38. The molecule has 2 unspecified atom stereocenters. The second-order valence-corrected chi connectivity index (χ2v) is 4.38. The van der Waals surface area contributed by atoms with Crippen molar-refractivity contribution in [2.75, 3.05) is 26.3 Å². The molecule has 0 bridgehead atoms. The fourth-order valence-corrected chi connectivity index (χ4v) is 1.97. The highest BCUT2D eigenvalue weighted by Gasteiger charge is 2.29. The zero-order valence-corrected chi connectivity index (χ0v) is 9.72. The Kier molecular flexibility index (Phi) is 6.20. The van der Waals surface area contributed by atoms with Crippen molar-refractivity contribution in [1.29, 1.82) is 0 Å². The van der Waals surface area contributed by atoms with Crippen LogP contribution in [-0.2, 0) is 4.74 Å². The SMILES string of the molecule is CCCNCC1CCC1COCCC. The van der Waals surface area contributed by atoms with Gasteiger partial charge in [-0.1, -0.05) is 13.8 Å². The molecule has 0 aromatic carbocycles. The van der Waals surface area contributed by atoms with Crippen molar-refractivity contribution in [1.82, 2.24) is 5.32 Å². The molecule has 0 spiro atoms. The highest BCUT2D eigenvalue weighted by atomic mass is 16.5. The largest absolute Gasteiger partial charge is 0.381 e. The molecule has 14 heavy (non-hydrogen) atoms. The summed E-state index contributed by atoms with van der Waals surface area (Å²) in [4.78, 5) is 0. The summed E-state index contributed by atoms with van der Waals surface area (Å²) in [6.45, 7) is 8.68. The van der Waals surface area contributed by atoms with Crippen LogP contribution in [0.3, 0.4) is 0 Å². The number of ether oxygens (including phenoxy) is 1. The monoisotopic (exact) mass is 199 g/mol. The molecule has 2 atom stereocenters. The minimum Gasteiger partial charge on any atom is -0.381 e. The first-order chi connectivity index (χ1) is 6.88. The van der Waals surface area contributed by atoms with Crippen LogP contribution >= 0.6 is 0 Å². The smallest absolute Gasteiger partial charge is 0.0497 e. The van der Waals surface area contributed by atoms with Crippen molar-refractivity contribution in [3.8, 4) is 0 Å². The quantitative estimate of drug-likeness (QED) is 0.606. The Labute approximate surface area is 88.4 Å². The highest BCUT2D eigenvalue weighted by Crippen LogP contribution is 2.33. The maximum absolute atomic E-state index is 5.60. The summed E-state index contributed by atoms with van der Waals surface area (Å²) in [5.41, 5.74) is 0. The third-order valence-electron chi connectivity index (χ3n) is 3.09. The second kappa shape index (κ2) is 7.24. The van der Waals surface area contributed by atoms with Gasteiger partial charge in [0, 0.05) is 13.2 Å².